The molecule has 1 saturated heterocycles. The van der Waals surface area contributed by atoms with E-state index < -0.39 is 6.10 Å². The fourth-order valence-electron chi connectivity index (χ4n) is 3.51. The van der Waals surface area contributed by atoms with Gasteiger partial charge in [-0.1, -0.05) is 61.0 Å². The molecule has 1 aliphatic heterocycles. The van der Waals surface area contributed by atoms with Crippen molar-refractivity contribution in [3.8, 4) is 5.75 Å². The van der Waals surface area contributed by atoms with Crippen molar-refractivity contribution in [3.05, 3.63) is 65.2 Å². The minimum absolute atomic E-state index is 0.0994. The van der Waals surface area contributed by atoms with E-state index in [2.05, 4.69) is 17.4 Å². The number of amides is 1. The first kappa shape index (κ1) is 19.7. The molecule has 0 aliphatic carbocycles. The van der Waals surface area contributed by atoms with Crippen LogP contribution in [0.1, 0.15) is 31.7 Å². The standard InChI is InChI=1S/C22H26ClNO3/c1-2-19(27-20-11-7-6-10-18(20)23)21(25)24-16-22(12-14-26-15-13-22)17-8-4-3-5-9-17/h3-11,19H,2,12-16H2,1H3,(H,24,25). The summed E-state index contributed by atoms with van der Waals surface area (Å²) < 4.78 is 11.4. The summed E-state index contributed by atoms with van der Waals surface area (Å²) in [5.41, 5.74) is 1.14. The van der Waals surface area contributed by atoms with Crippen molar-refractivity contribution in [1.29, 1.82) is 0 Å². The number of ether oxygens (including phenoxy) is 2. The Kier molecular flexibility index (Phi) is 6.75. The van der Waals surface area contributed by atoms with Gasteiger partial charge in [0.2, 0.25) is 0 Å². The third-order valence-corrected chi connectivity index (χ3v) is 5.52. The Morgan fingerprint density at radius 3 is 2.48 bits per heavy atom. The zero-order valence-electron chi connectivity index (χ0n) is 15.6. The predicted molar refractivity (Wildman–Crippen MR) is 107 cm³/mol. The molecule has 0 radical (unpaired) electrons. The Hall–Kier alpha value is -2.04. The Morgan fingerprint density at radius 1 is 1.15 bits per heavy atom. The Bertz CT molecular complexity index is 744. The molecule has 1 heterocycles. The summed E-state index contributed by atoms with van der Waals surface area (Å²) in [7, 11) is 0. The summed E-state index contributed by atoms with van der Waals surface area (Å²) in [6.45, 7) is 3.92. The van der Waals surface area contributed by atoms with E-state index in [9.17, 15) is 4.79 Å². The molecule has 2 aromatic carbocycles. The van der Waals surface area contributed by atoms with Crippen LogP contribution < -0.4 is 10.1 Å². The van der Waals surface area contributed by atoms with E-state index in [1.807, 2.05) is 37.3 Å². The van der Waals surface area contributed by atoms with Crippen LogP contribution in [0.15, 0.2) is 54.6 Å². The molecule has 1 fully saturated rings. The highest BCUT2D eigenvalue weighted by atomic mass is 35.5. The van der Waals surface area contributed by atoms with Crippen LogP contribution in [0, 0.1) is 0 Å². The van der Waals surface area contributed by atoms with Gasteiger partial charge in [-0.05, 0) is 37.0 Å². The van der Waals surface area contributed by atoms with Crippen molar-refractivity contribution in [1.82, 2.24) is 5.32 Å². The van der Waals surface area contributed by atoms with Gasteiger partial charge in [-0.3, -0.25) is 4.79 Å². The van der Waals surface area contributed by atoms with Crippen LogP contribution in [-0.2, 0) is 14.9 Å². The monoisotopic (exact) mass is 387 g/mol. The second-order valence-corrected chi connectivity index (χ2v) is 7.33. The molecule has 1 unspecified atom stereocenters. The van der Waals surface area contributed by atoms with Gasteiger partial charge in [-0.25, -0.2) is 0 Å². The Labute approximate surface area is 165 Å². The molecule has 1 N–H and O–H groups in total. The van der Waals surface area contributed by atoms with Gasteiger partial charge in [0.25, 0.3) is 5.91 Å². The number of hydrogen-bond donors (Lipinski definition) is 1. The fraction of sp³-hybridized carbons (Fsp3) is 0.409. The van der Waals surface area contributed by atoms with Crippen LogP contribution in [0.25, 0.3) is 0 Å². The van der Waals surface area contributed by atoms with Gasteiger partial charge in [-0.15, -0.1) is 0 Å². The molecule has 0 bridgehead atoms. The average Bonchev–Trinajstić information content (AvgIpc) is 2.73. The minimum atomic E-state index is -0.572. The van der Waals surface area contributed by atoms with E-state index in [1.165, 1.54) is 5.56 Å². The lowest BCUT2D eigenvalue weighted by Crippen LogP contribution is -2.48. The van der Waals surface area contributed by atoms with E-state index in [-0.39, 0.29) is 11.3 Å². The fourth-order valence-corrected chi connectivity index (χ4v) is 3.69. The lowest BCUT2D eigenvalue weighted by atomic mass is 9.74. The summed E-state index contributed by atoms with van der Waals surface area (Å²) >= 11 is 6.16. The molecular formula is C22H26ClNO3. The molecule has 0 spiro atoms. The highest BCUT2D eigenvalue weighted by Crippen LogP contribution is 2.34. The van der Waals surface area contributed by atoms with Crippen LogP contribution in [0.2, 0.25) is 5.02 Å². The number of para-hydroxylation sites is 1. The summed E-state index contributed by atoms with van der Waals surface area (Å²) in [6.07, 6.45) is 1.77. The smallest absolute Gasteiger partial charge is 0.261 e. The number of halogens is 1. The SMILES string of the molecule is CCC(Oc1ccccc1Cl)C(=O)NCC1(c2ccccc2)CCOCC1. The van der Waals surface area contributed by atoms with Crippen molar-refractivity contribution in [2.45, 2.75) is 37.7 Å². The summed E-state index contributed by atoms with van der Waals surface area (Å²) in [5.74, 6) is 0.421. The summed E-state index contributed by atoms with van der Waals surface area (Å²) in [4.78, 5) is 12.8. The second kappa shape index (κ2) is 9.25. The Morgan fingerprint density at radius 2 is 1.81 bits per heavy atom. The summed E-state index contributed by atoms with van der Waals surface area (Å²) in [6, 6.07) is 17.6. The first-order chi connectivity index (χ1) is 13.1. The minimum Gasteiger partial charge on any atom is -0.479 e. The number of carbonyl (C=O) groups excluding carboxylic acids is 1. The molecule has 3 rings (SSSR count). The van der Waals surface area contributed by atoms with Gasteiger partial charge in [0, 0.05) is 25.2 Å². The molecule has 1 amide bonds. The van der Waals surface area contributed by atoms with Gasteiger partial charge >= 0.3 is 0 Å². The molecule has 1 aliphatic rings. The van der Waals surface area contributed by atoms with E-state index >= 15 is 0 Å². The van der Waals surface area contributed by atoms with Crippen LogP contribution in [-0.4, -0.2) is 31.8 Å². The van der Waals surface area contributed by atoms with Gasteiger partial charge in [-0.2, -0.15) is 0 Å². The molecule has 0 saturated carbocycles. The average molecular weight is 388 g/mol. The van der Waals surface area contributed by atoms with Gasteiger partial charge in [0.15, 0.2) is 6.10 Å². The topological polar surface area (TPSA) is 47.6 Å². The highest BCUT2D eigenvalue weighted by molar-refractivity contribution is 6.32. The predicted octanol–water partition coefficient (Wildman–Crippen LogP) is 4.36. The lowest BCUT2D eigenvalue weighted by molar-refractivity contribution is -0.128. The molecule has 2 aromatic rings. The quantitative estimate of drug-likeness (QED) is 0.767. The summed E-state index contributed by atoms with van der Waals surface area (Å²) in [5, 5.41) is 3.63. The van der Waals surface area contributed by atoms with E-state index in [0.29, 0.717) is 37.0 Å². The number of hydrogen-bond acceptors (Lipinski definition) is 3. The molecule has 0 aromatic heterocycles. The molecule has 5 heteroatoms. The van der Waals surface area contributed by atoms with Crippen molar-refractivity contribution in [2.24, 2.45) is 0 Å². The number of carbonyl (C=O) groups is 1. The molecular weight excluding hydrogens is 362 g/mol. The van der Waals surface area contributed by atoms with Crippen LogP contribution in [0.3, 0.4) is 0 Å². The Balaban J connectivity index is 1.69. The van der Waals surface area contributed by atoms with E-state index in [4.69, 9.17) is 21.1 Å². The zero-order chi connectivity index (χ0) is 19.1. The van der Waals surface area contributed by atoms with Crippen molar-refractivity contribution >= 4 is 17.5 Å². The van der Waals surface area contributed by atoms with Crippen molar-refractivity contribution < 1.29 is 14.3 Å². The van der Waals surface area contributed by atoms with E-state index in [0.717, 1.165) is 12.8 Å². The van der Waals surface area contributed by atoms with Crippen molar-refractivity contribution in [2.75, 3.05) is 19.8 Å². The maximum absolute atomic E-state index is 12.8. The third kappa shape index (κ3) is 4.82. The number of benzene rings is 2. The third-order valence-electron chi connectivity index (χ3n) is 5.21. The first-order valence-corrected chi connectivity index (χ1v) is 9.84. The maximum Gasteiger partial charge on any atom is 0.261 e. The molecule has 4 nitrogen and oxygen atoms in total. The first-order valence-electron chi connectivity index (χ1n) is 9.47. The highest BCUT2D eigenvalue weighted by Gasteiger charge is 2.35. The number of rotatable bonds is 7. The normalized spacial score (nSPS) is 17.1. The largest absolute Gasteiger partial charge is 0.479 e. The van der Waals surface area contributed by atoms with Crippen molar-refractivity contribution in [3.63, 3.8) is 0 Å². The van der Waals surface area contributed by atoms with Crippen LogP contribution >= 0.6 is 11.6 Å². The zero-order valence-corrected chi connectivity index (χ0v) is 16.4. The molecule has 27 heavy (non-hydrogen) atoms. The van der Waals surface area contributed by atoms with Gasteiger partial charge in [0.1, 0.15) is 5.75 Å². The number of nitrogens with one attached hydrogen (secondary N) is 1. The molecule has 1 atom stereocenters. The molecule has 144 valence electrons. The second-order valence-electron chi connectivity index (χ2n) is 6.92. The van der Waals surface area contributed by atoms with E-state index in [1.54, 1.807) is 12.1 Å². The van der Waals surface area contributed by atoms with Crippen LogP contribution in [0.4, 0.5) is 0 Å². The lowest BCUT2D eigenvalue weighted by Gasteiger charge is -2.38. The van der Waals surface area contributed by atoms with Gasteiger partial charge in [0.05, 0.1) is 5.02 Å². The van der Waals surface area contributed by atoms with Gasteiger partial charge < -0.3 is 14.8 Å². The maximum atomic E-state index is 12.8. The van der Waals surface area contributed by atoms with Crippen LogP contribution in [0.5, 0.6) is 5.75 Å².